The average Bonchev–Trinajstić information content (AvgIpc) is 2.28. The van der Waals surface area contributed by atoms with Gasteiger partial charge in [-0.25, -0.2) is 4.79 Å². The summed E-state index contributed by atoms with van der Waals surface area (Å²) < 4.78 is 10.1. The summed E-state index contributed by atoms with van der Waals surface area (Å²) in [5.41, 5.74) is -0.539. The number of carbonyl (C=O) groups excluding carboxylic acids is 2. The number of hydrogen-bond donors (Lipinski definition) is 1. The number of hydrogen-bond acceptors (Lipinski definition) is 4. The molecule has 0 unspecified atom stereocenters. The molecule has 1 saturated carbocycles. The van der Waals surface area contributed by atoms with Crippen LogP contribution in [0.5, 0.6) is 0 Å². The summed E-state index contributed by atoms with van der Waals surface area (Å²) in [7, 11) is 1.38. The Morgan fingerprint density at radius 2 is 1.84 bits per heavy atom. The first kappa shape index (κ1) is 15.8. The Morgan fingerprint density at radius 3 is 2.37 bits per heavy atom. The molecular weight excluding hydrogens is 246 g/mol. The van der Waals surface area contributed by atoms with Crippen molar-refractivity contribution in [2.24, 2.45) is 11.8 Å². The number of carbonyl (C=O) groups is 2. The van der Waals surface area contributed by atoms with Crippen molar-refractivity contribution in [2.75, 3.05) is 7.11 Å². The first-order valence-electron chi connectivity index (χ1n) is 6.82. The fourth-order valence-corrected chi connectivity index (χ4v) is 2.52. The van der Waals surface area contributed by atoms with Crippen LogP contribution in [-0.2, 0) is 14.3 Å². The Balaban J connectivity index is 2.69. The first-order valence-corrected chi connectivity index (χ1v) is 6.82. The third-order valence-electron chi connectivity index (χ3n) is 3.41. The number of ether oxygens (including phenoxy) is 2. The molecule has 0 bridgehead atoms. The van der Waals surface area contributed by atoms with Crippen molar-refractivity contribution >= 4 is 12.1 Å². The van der Waals surface area contributed by atoms with E-state index in [2.05, 4.69) is 5.32 Å². The van der Waals surface area contributed by atoms with Crippen LogP contribution in [0.25, 0.3) is 0 Å². The monoisotopic (exact) mass is 271 g/mol. The summed E-state index contributed by atoms with van der Waals surface area (Å²) in [6.07, 6.45) is 2.25. The maximum atomic E-state index is 11.8. The smallest absolute Gasteiger partial charge is 0.407 e. The molecule has 110 valence electrons. The quantitative estimate of drug-likeness (QED) is 0.784. The first-order chi connectivity index (χ1) is 8.74. The molecule has 1 aliphatic rings. The largest absolute Gasteiger partial charge is 0.469 e. The lowest BCUT2D eigenvalue weighted by atomic mass is 9.78. The molecule has 5 nitrogen and oxygen atoms in total. The van der Waals surface area contributed by atoms with E-state index in [-0.39, 0.29) is 23.8 Å². The maximum Gasteiger partial charge on any atom is 0.407 e. The molecule has 19 heavy (non-hydrogen) atoms. The van der Waals surface area contributed by atoms with Gasteiger partial charge in [0.1, 0.15) is 5.60 Å². The molecule has 0 aliphatic heterocycles. The van der Waals surface area contributed by atoms with Gasteiger partial charge in [-0.05, 0) is 39.5 Å². The highest BCUT2D eigenvalue weighted by atomic mass is 16.6. The molecule has 0 aromatic heterocycles. The molecule has 1 fully saturated rings. The SMILES string of the molecule is COC(=O)[C@H]1CCC[C@H](C)[C@@H]1NC(=O)OC(C)(C)C. The second kappa shape index (κ2) is 6.26. The third-order valence-corrected chi connectivity index (χ3v) is 3.41. The summed E-state index contributed by atoms with van der Waals surface area (Å²) in [4.78, 5) is 23.6. The van der Waals surface area contributed by atoms with Crippen LogP contribution in [0.4, 0.5) is 4.79 Å². The van der Waals surface area contributed by atoms with E-state index in [9.17, 15) is 9.59 Å². The Hall–Kier alpha value is -1.26. The molecule has 0 spiro atoms. The van der Waals surface area contributed by atoms with E-state index in [1.807, 2.05) is 27.7 Å². The van der Waals surface area contributed by atoms with E-state index in [0.717, 1.165) is 19.3 Å². The van der Waals surface area contributed by atoms with Gasteiger partial charge >= 0.3 is 12.1 Å². The van der Waals surface area contributed by atoms with Gasteiger partial charge in [-0.15, -0.1) is 0 Å². The van der Waals surface area contributed by atoms with Crippen molar-refractivity contribution in [3.63, 3.8) is 0 Å². The fraction of sp³-hybridized carbons (Fsp3) is 0.857. The lowest BCUT2D eigenvalue weighted by Gasteiger charge is -2.35. The van der Waals surface area contributed by atoms with Crippen molar-refractivity contribution < 1.29 is 19.1 Å². The predicted octanol–water partition coefficient (Wildman–Crippen LogP) is 2.49. The van der Waals surface area contributed by atoms with Crippen LogP contribution in [-0.4, -0.2) is 30.8 Å². The van der Waals surface area contributed by atoms with Crippen molar-refractivity contribution in [3.05, 3.63) is 0 Å². The number of alkyl carbamates (subject to hydrolysis) is 1. The predicted molar refractivity (Wildman–Crippen MR) is 71.7 cm³/mol. The summed E-state index contributed by atoms with van der Waals surface area (Å²) in [5.74, 6) is -0.292. The molecule has 1 aliphatic carbocycles. The number of rotatable bonds is 2. The molecule has 1 rings (SSSR count). The van der Waals surface area contributed by atoms with Crippen LogP contribution in [0.2, 0.25) is 0 Å². The third kappa shape index (κ3) is 4.73. The van der Waals surface area contributed by atoms with Gasteiger partial charge in [0.25, 0.3) is 0 Å². The van der Waals surface area contributed by atoms with Crippen molar-refractivity contribution in [2.45, 2.75) is 58.6 Å². The van der Waals surface area contributed by atoms with Gasteiger partial charge in [-0.3, -0.25) is 4.79 Å². The maximum absolute atomic E-state index is 11.8. The summed E-state index contributed by atoms with van der Waals surface area (Å²) in [6.45, 7) is 7.48. The molecular formula is C14H25NO4. The molecule has 3 atom stereocenters. The Morgan fingerprint density at radius 1 is 1.21 bits per heavy atom. The zero-order valence-electron chi connectivity index (χ0n) is 12.5. The van der Waals surface area contributed by atoms with E-state index >= 15 is 0 Å². The minimum atomic E-state index is -0.539. The Labute approximate surface area is 115 Å². The van der Waals surface area contributed by atoms with Crippen LogP contribution < -0.4 is 5.32 Å². The topological polar surface area (TPSA) is 64.6 Å². The molecule has 1 amide bonds. The van der Waals surface area contributed by atoms with E-state index in [4.69, 9.17) is 9.47 Å². The number of methoxy groups -OCH3 is 1. The summed E-state index contributed by atoms with van der Waals surface area (Å²) in [5, 5.41) is 2.83. The zero-order valence-corrected chi connectivity index (χ0v) is 12.5. The lowest BCUT2D eigenvalue weighted by molar-refractivity contribution is -0.148. The van der Waals surface area contributed by atoms with E-state index in [1.165, 1.54) is 7.11 Å². The van der Waals surface area contributed by atoms with Gasteiger partial charge < -0.3 is 14.8 Å². The lowest BCUT2D eigenvalue weighted by Crippen LogP contribution is -2.50. The molecule has 0 heterocycles. The van der Waals surface area contributed by atoms with Crippen LogP contribution >= 0.6 is 0 Å². The van der Waals surface area contributed by atoms with Crippen molar-refractivity contribution in [3.8, 4) is 0 Å². The summed E-state index contributed by atoms with van der Waals surface area (Å²) in [6, 6.07) is -0.212. The zero-order chi connectivity index (χ0) is 14.6. The normalized spacial score (nSPS) is 27.5. The van der Waals surface area contributed by atoms with Gasteiger partial charge in [0.15, 0.2) is 0 Å². The van der Waals surface area contributed by atoms with Crippen LogP contribution in [0, 0.1) is 11.8 Å². The molecule has 5 heteroatoms. The number of amides is 1. The van der Waals surface area contributed by atoms with Gasteiger partial charge in [-0.2, -0.15) is 0 Å². The average molecular weight is 271 g/mol. The highest BCUT2D eigenvalue weighted by Crippen LogP contribution is 2.30. The minimum Gasteiger partial charge on any atom is -0.469 e. The van der Waals surface area contributed by atoms with Crippen LogP contribution in [0.15, 0.2) is 0 Å². The van der Waals surface area contributed by atoms with Gasteiger partial charge in [0.2, 0.25) is 0 Å². The Kier molecular flexibility index (Phi) is 5.20. The summed E-state index contributed by atoms with van der Waals surface area (Å²) >= 11 is 0. The molecule has 0 aromatic rings. The number of nitrogens with one attached hydrogen (secondary N) is 1. The highest BCUT2D eigenvalue weighted by molar-refractivity contribution is 5.75. The van der Waals surface area contributed by atoms with Crippen molar-refractivity contribution in [1.82, 2.24) is 5.32 Å². The van der Waals surface area contributed by atoms with Gasteiger partial charge in [-0.1, -0.05) is 13.3 Å². The van der Waals surface area contributed by atoms with E-state index in [1.54, 1.807) is 0 Å². The molecule has 0 radical (unpaired) electrons. The fourth-order valence-electron chi connectivity index (χ4n) is 2.52. The van der Waals surface area contributed by atoms with Crippen LogP contribution in [0.1, 0.15) is 47.0 Å². The highest BCUT2D eigenvalue weighted by Gasteiger charge is 2.37. The standard InChI is InChI=1S/C14H25NO4/c1-9-7-6-8-10(12(16)18-5)11(9)15-13(17)19-14(2,3)4/h9-11H,6-8H2,1-5H3,(H,15,17)/t9-,10-,11-/m0/s1. The number of esters is 1. The van der Waals surface area contributed by atoms with E-state index < -0.39 is 11.7 Å². The molecule has 0 saturated heterocycles. The second-order valence-electron chi connectivity index (χ2n) is 6.21. The van der Waals surface area contributed by atoms with Gasteiger partial charge in [0.05, 0.1) is 13.0 Å². The minimum absolute atomic E-state index is 0.212. The van der Waals surface area contributed by atoms with Gasteiger partial charge in [0, 0.05) is 6.04 Å². The van der Waals surface area contributed by atoms with Crippen molar-refractivity contribution in [1.29, 1.82) is 0 Å². The van der Waals surface area contributed by atoms with Crippen LogP contribution in [0.3, 0.4) is 0 Å². The second-order valence-corrected chi connectivity index (χ2v) is 6.21. The van der Waals surface area contributed by atoms with E-state index in [0.29, 0.717) is 0 Å². The Bertz CT molecular complexity index is 335. The molecule has 0 aromatic carbocycles. The molecule has 1 N–H and O–H groups in total.